The summed E-state index contributed by atoms with van der Waals surface area (Å²) in [7, 11) is 0. The van der Waals surface area contributed by atoms with Crippen LogP contribution in [0.5, 0.6) is 0 Å². The minimum Gasteiger partial charge on any atom is -0.305 e. The molecule has 0 amide bonds. The Morgan fingerprint density at radius 3 is 2.50 bits per heavy atom. The van der Waals surface area contributed by atoms with E-state index in [2.05, 4.69) is 84.3 Å². The van der Waals surface area contributed by atoms with Crippen molar-refractivity contribution in [2.24, 2.45) is 0 Å². The molecule has 18 heavy (non-hydrogen) atoms. The van der Waals surface area contributed by atoms with Crippen molar-refractivity contribution < 1.29 is 0 Å². The predicted octanol–water partition coefficient (Wildman–Crippen LogP) is 5.89. The highest BCUT2D eigenvalue weighted by Gasteiger charge is 2.09. The van der Waals surface area contributed by atoms with Crippen LogP contribution in [0.1, 0.15) is 23.4 Å². The van der Waals surface area contributed by atoms with Gasteiger partial charge in [0.1, 0.15) is 0 Å². The fraction of sp³-hybridized carbons (Fsp3) is 0.231. The van der Waals surface area contributed by atoms with E-state index in [1.54, 1.807) is 11.3 Å². The second-order valence-electron chi connectivity index (χ2n) is 3.96. The summed E-state index contributed by atoms with van der Waals surface area (Å²) in [6.45, 7) is 3.05. The highest BCUT2D eigenvalue weighted by molar-refractivity contribution is 9.13. The fourth-order valence-corrected chi connectivity index (χ4v) is 4.42. The van der Waals surface area contributed by atoms with Crippen LogP contribution in [0.25, 0.3) is 0 Å². The summed E-state index contributed by atoms with van der Waals surface area (Å²) in [5.74, 6) is 0. The number of halogens is 3. The minimum atomic E-state index is 0.320. The first-order chi connectivity index (χ1) is 8.58. The van der Waals surface area contributed by atoms with Gasteiger partial charge in [-0.05, 0) is 56.5 Å². The molecule has 1 heterocycles. The molecule has 1 N–H and O–H groups in total. The van der Waals surface area contributed by atoms with Gasteiger partial charge in [-0.3, -0.25) is 0 Å². The van der Waals surface area contributed by atoms with E-state index in [0.717, 1.165) is 19.3 Å². The van der Waals surface area contributed by atoms with Gasteiger partial charge in [0.05, 0.1) is 3.79 Å². The molecule has 96 valence electrons. The van der Waals surface area contributed by atoms with Crippen LogP contribution in [-0.4, -0.2) is 0 Å². The molecular formula is C13H12Br3NS. The quantitative estimate of drug-likeness (QED) is 0.609. The van der Waals surface area contributed by atoms with Gasteiger partial charge in [0.15, 0.2) is 0 Å². The first-order valence-corrected chi connectivity index (χ1v) is 8.69. The zero-order valence-electron chi connectivity index (χ0n) is 9.71. The van der Waals surface area contributed by atoms with E-state index >= 15 is 0 Å². The Hall–Kier alpha value is 0.320. The SMILES string of the molecule is C[C@@H](NCc1cc(Br)c(Br)s1)c1ccccc1Br. The standard InChI is InChI=1S/C13H12Br3NS/c1-8(10-4-2-3-5-11(10)14)17-7-9-6-12(15)13(16)18-9/h2-6,8,17H,7H2,1H3/t8-/m1/s1. The number of thiophene rings is 1. The van der Waals surface area contributed by atoms with Gasteiger partial charge in [0.2, 0.25) is 0 Å². The van der Waals surface area contributed by atoms with Crippen LogP contribution in [0.2, 0.25) is 0 Å². The Kier molecular flexibility index (Phi) is 5.45. The molecule has 0 radical (unpaired) electrons. The average molecular weight is 454 g/mol. The topological polar surface area (TPSA) is 12.0 Å². The van der Waals surface area contributed by atoms with Gasteiger partial charge in [-0.1, -0.05) is 34.1 Å². The Balaban J connectivity index is 2.00. The summed E-state index contributed by atoms with van der Waals surface area (Å²) in [4.78, 5) is 1.31. The fourth-order valence-electron chi connectivity index (χ4n) is 1.67. The molecule has 0 aliphatic carbocycles. The van der Waals surface area contributed by atoms with Gasteiger partial charge in [0, 0.05) is 26.4 Å². The molecule has 0 saturated carbocycles. The van der Waals surface area contributed by atoms with Crippen LogP contribution in [0.4, 0.5) is 0 Å². The summed E-state index contributed by atoms with van der Waals surface area (Å²) in [6.07, 6.45) is 0. The monoisotopic (exact) mass is 451 g/mol. The molecule has 1 atom stereocenters. The highest BCUT2D eigenvalue weighted by atomic mass is 79.9. The van der Waals surface area contributed by atoms with E-state index in [0.29, 0.717) is 6.04 Å². The van der Waals surface area contributed by atoms with E-state index < -0.39 is 0 Å². The van der Waals surface area contributed by atoms with Crippen molar-refractivity contribution in [3.8, 4) is 0 Å². The average Bonchev–Trinajstić information content (AvgIpc) is 2.66. The first-order valence-electron chi connectivity index (χ1n) is 5.49. The van der Waals surface area contributed by atoms with Crippen LogP contribution < -0.4 is 5.32 Å². The number of benzene rings is 1. The third-order valence-corrected chi connectivity index (χ3v) is 6.63. The molecule has 5 heteroatoms. The van der Waals surface area contributed by atoms with E-state index in [1.165, 1.54) is 10.4 Å². The lowest BCUT2D eigenvalue weighted by Crippen LogP contribution is -2.17. The van der Waals surface area contributed by atoms with Gasteiger partial charge in [-0.25, -0.2) is 0 Å². The number of hydrogen-bond donors (Lipinski definition) is 1. The van der Waals surface area contributed by atoms with Crippen molar-refractivity contribution in [2.75, 3.05) is 0 Å². The van der Waals surface area contributed by atoms with Crippen molar-refractivity contribution in [2.45, 2.75) is 19.5 Å². The van der Waals surface area contributed by atoms with E-state index in [-0.39, 0.29) is 0 Å². The summed E-state index contributed by atoms with van der Waals surface area (Å²) >= 11 is 12.4. The van der Waals surface area contributed by atoms with Gasteiger partial charge >= 0.3 is 0 Å². The third-order valence-electron chi connectivity index (χ3n) is 2.65. The van der Waals surface area contributed by atoms with Crippen LogP contribution in [0, 0.1) is 0 Å². The molecule has 0 spiro atoms. The second-order valence-corrected chi connectivity index (χ2v) is 8.12. The van der Waals surface area contributed by atoms with E-state index in [4.69, 9.17) is 0 Å². The number of nitrogens with one attached hydrogen (secondary N) is 1. The number of rotatable bonds is 4. The normalized spacial score (nSPS) is 12.7. The van der Waals surface area contributed by atoms with Crippen LogP contribution >= 0.6 is 59.1 Å². The number of hydrogen-bond acceptors (Lipinski definition) is 2. The highest BCUT2D eigenvalue weighted by Crippen LogP contribution is 2.32. The van der Waals surface area contributed by atoms with Crippen molar-refractivity contribution in [3.05, 3.63) is 53.5 Å². The Morgan fingerprint density at radius 1 is 1.17 bits per heavy atom. The van der Waals surface area contributed by atoms with Gasteiger partial charge < -0.3 is 5.32 Å². The summed E-state index contributed by atoms with van der Waals surface area (Å²) in [5, 5.41) is 3.54. The minimum absolute atomic E-state index is 0.320. The summed E-state index contributed by atoms with van der Waals surface area (Å²) in [5.41, 5.74) is 1.28. The summed E-state index contributed by atoms with van der Waals surface area (Å²) < 4.78 is 3.42. The van der Waals surface area contributed by atoms with Crippen molar-refractivity contribution in [1.82, 2.24) is 5.32 Å². The molecule has 2 aromatic rings. The van der Waals surface area contributed by atoms with E-state index in [1.807, 2.05) is 6.07 Å². The molecule has 1 aromatic heterocycles. The lowest BCUT2D eigenvalue weighted by atomic mass is 10.1. The maximum absolute atomic E-state index is 3.59. The van der Waals surface area contributed by atoms with E-state index in [9.17, 15) is 0 Å². The summed E-state index contributed by atoms with van der Waals surface area (Å²) in [6, 6.07) is 10.8. The molecule has 0 aliphatic heterocycles. The molecule has 0 aliphatic rings. The van der Waals surface area contributed by atoms with Gasteiger partial charge in [0.25, 0.3) is 0 Å². The molecule has 2 rings (SSSR count). The van der Waals surface area contributed by atoms with Gasteiger partial charge in [-0.15, -0.1) is 11.3 Å². The lowest BCUT2D eigenvalue weighted by molar-refractivity contribution is 0.577. The molecule has 1 nitrogen and oxygen atoms in total. The first kappa shape index (κ1) is 14.7. The van der Waals surface area contributed by atoms with Crippen LogP contribution in [-0.2, 0) is 6.54 Å². The molecule has 0 unspecified atom stereocenters. The van der Waals surface area contributed by atoms with Crippen molar-refractivity contribution in [1.29, 1.82) is 0 Å². The lowest BCUT2D eigenvalue weighted by Gasteiger charge is -2.15. The zero-order chi connectivity index (χ0) is 13.1. The third kappa shape index (κ3) is 3.67. The zero-order valence-corrected chi connectivity index (χ0v) is 15.3. The molecule has 0 bridgehead atoms. The van der Waals surface area contributed by atoms with Crippen molar-refractivity contribution in [3.63, 3.8) is 0 Å². The molecule has 0 fully saturated rings. The van der Waals surface area contributed by atoms with Crippen molar-refractivity contribution >= 4 is 59.1 Å². The Bertz CT molecular complexity index is 519. The maximum atomic E-state index is 3.59. The second kappa shape index (κ2) is 6.66. The van der Waals surface area contributed by atoms with Crippen LogP contribution in [0.15, 0.2) is 43.1 Å². The molecule has 0 saturated heterocycles. The Labute approximate surface area is 136 Å². The Morgan fingerprint density at radius 2 is 1.89 bits per heavy atom. The predicted molar refractivity (Wildman–Crippen MR) is 89.1 cm³/mol. The molecule has 1 aromatic carbocycles. The van der Waals surface area contributed by atoms with Gasteiger partial charge in [-0.2, -0.15) is 0 Å². The maximum Gasteiger partial charge on any atom is 0.0843 e. The largest absolute Gasteiger partial charge is 0.305 e. The smallest absolute Gasteiger partial charge is 0.0843 e. The molecular weight excluding hydrogens is 442 g/mol. The van der Waals surface area contributed by atoms with Crippen LogP contribution in [0.3, 0.4) is 0 Å².